The van der Waals surface area contributed by atoms with Crippen LogP contribution in [0.5, 0.6) is 0 Å². The Balaban J connectivity index is 1.42. The number of nitrogens with zero attached hydrogens (tertiary/aromatic N) is 3. The molecule has 0 atom stereocenters. The maximum Gasteiger partial charge on any atom is 0.417 e. The third-order valence-electron chi connectivity index (χ3n) is 5.14. The Hall–Kier alpha value is -2.09. The van der Waals surface area contributed by atoms with Crippen LogP contribution in [0.25, 0.3) is 0 Å². The van der Waals surface area contributed by atoms with Crippen LogP contribution in [0.4, 0.5) is 19.0 Å². The third-order valence-corrected chi connectivity index (χ3v) is 6.36. The van der Waals surface area contributed by atoms with Gasteiger partial charge in [-0.2, -0.15) is 13.2 Å². The highest BCUT2D eigenvalue weighted by Crippen LogP contribution is 2.32. The summed E-state index contributed by atoms with van der Waals surface area (Å²) in [7, 11) is 0. The molecule has 1 amide bonds. The summed E-state index contributed by atoms with van der Waals surface area (Å²) >= 11 is 1.61. The summed E-state index contributed by atoms with van der Waals surface area (Å²) in [6.45, 7) is 2.43. The van der Waals surface area contributed by atoms with E-state index < -0.39 is 11.7 Å². The molecule has 3 heterocycles. The second-order valence-electron chi connectivity index (χ2n) is 6.95. The molecule has 1 aliphatic heterocycles. The number of rotatable bonds is 2. The fourth-order valence-electron chi connectivity index (χ4n) is 3.68. The molecule has 8 heteroatoms. The minimum absolute atomic E-state index is 0.0663. The molecule has 144 valence electrons. The van der Waals surface area contributed by atoms with Crippen LogP contribution in [-0.2, 0) is 19.0 Å². The first kappa shape index (κ1) is 18.3. The second kappa shape index (κ2) is 7.14. The van der Waals surface area contributed by atoms with Crippen molar-refractivity contribution >= 4 is 23.1 Å². The van der Waals surface area contributed by atoms with E-state index in [1.807, 2.05) is 15.9 Å². The molecule has 0 spiro atoms. The van der Waals surface area contributed by atoms with E-state index in [0.717, 1.165) is 36.4 Å². The number of pyridine rings is 1. The van der Waals surface area contributed by atoms with Crippen LogP contribution >= 0.6 is 11.3 Å². The first-order valence-corrected chi connectivity index (χ1v) is 9.92. The van der Waals surface area contributed by atoms with Crippen LogP contribution in [0.1, 0.15) is 38.5 Å². The monoisotopic (exact) mass is 395 g/mol. The number of aromatic nitrogens is 1. The standard InChI is InChI=1S/C19H20F3N3OS/c20-19(21,22)14-5-6-17(23-12-14)24-7-2-8-25(10-9-24)18(26)16-11-13-3-1-4-15(13)27-16/h5-6,11-12H,1-4,7-10H2. The number of alkyl halides is 3. The van der Waals surface area contributed by atoms with Crippen LogP contribution in [-0.4, -0.2) is 42.0 Å². The van der Waals surface area contributed by atoms with Crippen molar-refractivity contribution in [2.24, 2.45) is 0 Å². The minimum atomic E-state index is -4.38. The normalized spacial score (nSPS) is 17.7. The van der Waals surface area contributed by atoms with Gasteiger partial charge in [0.25, 0.3) is 5.91 Å². The number of anilines is 1. The Bertz CT molecular complexity index is 810. The van der Waals surface area contributed by atoms with Gasteiger partial charge >= 0.3 is 6.18 Å². The van der Waals surface area contributed by atoms with Crippen LogP contribution in [0.2, 0.25) is 0 Å². The largest absolute Gasteiger partial charge is 0.417 e. The van der Waals surface area contributed by atoms with Crippen molar-refractivity contribution in [1.29, 1.82) is 0 Å². The van der Waals surface area contributed by atoms with E-state index in [-0.39, 0.29) is 5.91 Å². The van der Waals surface area contributed by atoms with E-state index in [4.69, 9.17) is 0 Å². The molecule has 0 saturated carbocycles. The molecule has 2 aromatic heterocycles. The number of amides is 1. The zero-order valence-corrected chi connectivity index (χ0v) is 15.6. The van der Waals surface area contributed by atoms with Gasteiger partial charge in [-0.1, -0.05) is 0 Å². The van der Waals surface area contributed by atoms with E-state index in [9.17, 15) is 18.0 Å². The fraction of sp³-hybridized carbons (Fsp3) is 0.474. The number of aryl methyl sites for hydroxylation is 2. The van der Waals surface area contributed by atoms with Crippen LogP contribution in [0, 0.1) is 0 Å². The van der Waals surface area contributed by atoms with Crippen molar-refractivity contribution in [1.82, 2.24) is 9.88 Å². The van der Waals surface area contributed by atoms with Crippen molar-refractivity contribution in [2.75, 3.05) is 31.1 Å². The molecule has 1 fully saturated rings. The van der Waals surface area contributed by atoms with Gasteiger partial charge < -0.3 is 9.80 Å². The van der Waals surface area contributed by atoms with E-state index in [2.05, 4.69) is 4.98 Å². The van der Waals surface area contributed by atoms with E-state index in [0.29, 0.717) is 32.0 Å². The summed E-state index contributed by atoms with van der Waals surface area (Å²) in [5.41, 5.74) is 0.567. The molecule has 27 heavy (non-hydrogen) atoms. The van der Waals surface area contributed by atoms with Gasteiger partial charge in [-0.05, 0) is 49.4 Å². The van der Waals surface area contributed by atoms with E-state index in [1.54, 1.807) is 11.3 Å². The second-order valence-corrected chi connectivity index (χ2v) is 8.09. The Morgan fingerprint density at radius 1 is 1.07 bits per heavy atom. The number of carbonyl (C=O) groups excluding carboxylic acids is 1. The van der Waals surface area contributed by atoms with Gasteiger partial charge in [0, 0.05) is 37.3 Å². The average Bonchev–Trinajstić information content (AvgIpc) is 3.15. The van der Waals surface area contributed by atoms with Gasteiger partial charge in [0.05, 0.1) is 10.4 Å². The lowest BCUT2D eigenvalue weighted by Gasteiger charge is -2.23. The van der Waals surface area contributed by atoms with Gasteiger partial charge in [-0.3, -0.25) is 4.79 Å². The molecule has 0 aromatic carbocycles. The zero-order valence-electron chi connectivity index (χ0n) is 14.8. The summed E-state index contributed by atoms with van der Waals surface area (Å²) in [6.07, 6.45) is 0.561. The van der Waals surface area contributed by atoms with Gasteiger partial charge in [0.15, 0.2) is 0 Å². The number of fused-ring (bicyclic) bond motifs is 1. The Morgan fingerprint density at radius 3 is 2.63 bits per heavy atom. The van der Waals surface area contributed by atoms with Gasteiger partial charge in [-0.15, -0.1) is 11.3 Å². The van der Waals surface area contributed by atoms with Crippen LogP contribution in [0.3, 0.4) is 0 Å². The number of thiophene rings is 1. The van der Waals surface area contributed by atoms with Crippen LogP contribution in [0.15, 0.2) is 24.4 Å². The van der Waals surface area contributed by atoms with Crippen molar-refractivity contribution in [2.45, 2.75) is 31.9 Å². The van der Waals surface area contributed by atoms with Gasteiger partial charge in [-0.25, -0.2) is 4.98 Å². The molecular formula is C19H20F3N3OS. The number of hydrogen-bond donors (Lipinski definition) is 0. The maximum absolute atomic E-state index is 12.8. The SMILES string of the molecule is O=C(c1cc2c(s1)CCC2)N1CCCN(c2ccc(C(F)(F)F)cn2)CC1. The van der Waals surface area contributed by atoms with Crippen molar-refractivity contribution in [3.8, 4) is 0 Å². The quantitative estimate of drug-likeness (QED) is 0.771. The molecule has 2 aliphatic rings. The topological polar surface area (TPSA) is 36.4 Å². The summed E-state index contributed by atoms with van der Waals surface area (Å²) in [5.74, 6) is 0.587. The molecule has 0 bridgehead atoms. The van der Waals surface area contributed by atoms with Crippen molar-refractivity contribution in [3.63, 3.8) is 0 Å². The van der Waals surface area contributed by atoms with E-state index in [1.165, 1.54) is 22.9 Å². The van der Waals surface area contributed by atoms with Gasteiger partial charge in [0.2, 0.25) is 0 Å². The Morgan fingerprint density at radius 2 is 1.93 bits per heavy atom. The van der Waals surface area contributed by atoms with Crippen molar-refractivity contribution in [3.05, 3.63) is 45.3 Å². The predicted molar refractivity (Wildman–Crippen MR) is 98.3 cm³/mol. The first-order valence-electron chi connectivity index (χ1n) is 9.11. The number of carbonyl (C=O) groups is 1. The molecule has 4 nitrogen and oxygen atoms in total. The summed E-state index contributed by atoms with van der Waals surface area (Å²) in [6, 6.07) is 4.50. The minimum Gasteiger partial charge on any atom is -0.355 e. The summed E-state index contributed by atoms with van der Waals surface area (Å²) < 4.78 is 38.1. The molecule has 0 radical (unpaired) electrons. The highest BCUT2D eigenvalue weighted by atomic mass is 32.1. The molecule has 2 aromatic rings. The number of halogens is 3. The van der Waals surface area contributed by atoms with E-state index >= 15 is 0 Å². The number of hydrogen-bond acceptors (Lipinski definition) is 4. The summed E-state index contributed by atoms with van der Waals surface area (Å²) in [5, 5.41) is 0. The molecule has 1 aliphatic carbocycles. The van der Waals surface area contributed by atoms with Crippen molar-refractivity contribution < 1.29 is 18.0 Å². The first-order chi connectivity index (χ1) is 12.9. The van der Waals surface area contributed by atoms with Crippen LogP contribution < -0.4 is 4.90 Å². The predicted octanol–water partition coefficient (Wildman–Crippen LogP) is 4.00. The van der Waals surface area contributed by atoms with Gasteiger partial charge in [0.1, 0.15) is 5.82 Å². The molecule has 1 saturated heterocycles. The lowest BCUT2D eigenvalue weighted by Crippen LogP contribution is -2.35. The molecule has 0 unspecified atom stereocenters. The molecular weight excluding hydrogens is 375 g/mol. The zero-order chi connectivity index (χ0) is 19.0. The smallest absolute Gasteiger partial charge is 0.355 e. The fourth-order valence-corrected chi connectivity index (χ4v) is 4.90. The summed E-state index contributed by atoms with van der Waals surface area (Å²) in [4.78, 5) is 22.8. The maximum atomic E-state index is 12.8. The highest BCUT2D eigenvalue weighted by Gasteiger charge is 2.31. The lowest BCUT2D eigenvalue weighted by molar-refractivity contribution is -0.137. The lowest BCUT2D eigenvalue weighted by atomic mass is 10.2. The molecule has 0 N–H and O–H groups in total. The third kappa shape index (κ3) is 3.81. The average molecular weight is 395 g/mol. The Kier molecular flexibility index (Phi) is 4.84. The molecule has 4 rings (SSSR count). The highest BCUT2D eigenvalue weighted by molar-refractivity contribution is 7.14. The Labute approximate surface area is 159 Å².